The summed E-state index contributed by atoms with van der Waals surface area (Å²) >= 11 is 0. The van der Waals surface area contributed by atoms with Crippen molar-refractivity contribution in [3.05, 3.63) is 29.8 Å². The van der Waals surface area contributed by atoms with Gasteiger partial charge in [0.1, 0.15) is 0 Å². The van der Waals surface area contributed by atoms with Gasteiger partial charge < -0.3 is 10.5 Å². The molecule has 0 amide bonds. The highest BCUT2D eigenvalue weighted by Crippen LogP contribution is 2.09. The van der Waals surface area contributed by atoms with Gasteiger partial charge in [-0.1, -0.05) is 12.1 Å². The molecule has 1 heterocycles. The van der Waals surface area contributed by atoms with Crippen LogP contribution in [0.3, 0.4) is 0 Å². The van der Waals surface area contributed by atoms with E-state index in [1.807, 2.05) is 12.1 Å². The van der Waals surface area contributed by atoms with Gasteiger partial charge in [0.15, 0.2) is 0 Å². The van der Waals surface area contributed by atoms with Crippen LogP contribution in [0.2, 0.25) is 0 Å². The van der Waals surface area contributed by atoms with Gasteiger partial charge in [0.05, 0.1) is 12.7 Å². The van der Waals surface area contributed by atoms with E-state index in [0.29, 0.717) is 6.10 Å². The maximum Gasteiger partial charge on any atom is 0.0674 e. The second-order valence-corrected chi connectivity index (χ2v) is 4.48. The highest BCUT2D eigenvalue weighted by Gasteiger charge is 2.15. The maximum absolute atomic E-state index is 5.76. The van der Waals surface area contributed by atoms with E-state index in [-0.39, 0.29) is 0 Å². The van der Waals surface area contributed by atoms with Gasteiger partial charge in [-0.05, 0) is 31.0 Å². The van der Waals surface area contributed by atoms with Gasteiger partial charge in [0, 0.05) is 25.3 Å². The number of hydrogen-bond acceptors (Lipinski definition) is 3. The van der Waals surface area contributed by atoms with Gasteiger partial charge >= 0.3 is 0 Å². The number of nitrogen functional groups attached to an aromatic ring is 1. The van der Waals surface area contributed by atoms with E-state index in [9.17, 15) is 0 Å². The Morgan fingerprint density at radius 1 is 1.50 bits per heavy atom. The fraction of sp³-hybridized carbons (Fsp3) is 0.538. The zero-order valence-electron chi connectivity index (χ0n) is 9.86. The maximum atomic E-state index is 5.76. The lowest BCUT2D eigenvalue weighted by Crippen LogP contribution is -2.41. The Bertz CT molecular complexity index is 340. The highest BCUT2D eigenvalue weighted by molar-refractivity contribution is 5.40. The number of anilines is 1. The minimum atomic E-state index is 0.370. The first-order valence-corrected chi connectivity index (χ1v) is 5.92. The van der Waals surface area contributed by atoms with Crippen LogP contribution in [0.15, 0.2) is 24.3 Å². The molecule has 2 rings (SSSR count). The first kappa shape index (κ1) is 11.4. The number of benzene rings is 1. The Morgan fingerprint density at radius 2 is 2.38 bits per heavy atom. The third-order valence-corrected chi connectivity index (χ3v) is 2.99. The van der Waals surface area contributed by atoms with Crippen LogP contribution in [-0.4, -0.2) is 37.2 Å². The fourth-order valence-electron chi connectivity index (χ4n) is 2.13. The van der Waals surface area contributed by atoms with Gasteiger partial charge in [-0.3, -0.25) is 4.90 Å². The van der Waals surface area contributed by atoms with Crippen LogP contribution in [0, 0.1) is 0 Å². The molecule has 1 fully saturated rings. The summed E-state index contributed by atoms with van der Waals surface area (Å²) in [6.07, 6.45) is 1.44. The molecule has 0 spiro atoms. The van der Waals surface area contributed by atoms with Crippen molar-refractivity contribution >= 4 is 5.69 Å². The molecular weight excluding hydrogens is 200 g/mol. The van der Waals surface area contributed by atoms with E-state index in [4.69, 9.17) is 10.5 Å². The molecule has 0 saturated carbocycles. The molecule has 3 heteroatoms. The van der Waals surface area contributed by atoms with E-state index in [1.54, 1.807) is 0 Å². The second-order valence-electron chi connectivity index (χ2n) is 4.48. The monoisotopic (exact) mass is 220 g/mol. The standard InChI is InChI=1S/C13H20N2O/c1-11-10-15(7-8-16-11)6-5-12-3-2-4-13(14)9-12/h2-4,9,11H,5-8,10,14H2,1H3. The van der Waals surface area contributed by atoms with E-state index in [2.05, 4.69) is 24.0 Å². The Hall–Kier alpha value is -1.06. The second kappa shape index (κ2) is 5.32. The van der Waals surface area contributed by atoms with Gasteiger partial charge in [0.25, 0.3) is 0 Å². The number of rotatable bonds is 3. The first-order valence-electron chi connectivity index (χ1n) is 5.92. The molecule has 1 aliphatic heterocycles. The van der Waals surface area contributed by atoms with Crippen LogP contribution in [0.5, 0.6) is 0 Å². The predicted molar refractivity (Wildman–Crippen MR) is 66.4 cm³/mol. The van der Waals surface area contributed by atoms with Crippen LogP contribution in [-0.2, 0) is 11.2 Å². The van der Waals surface area contributed by atoms with Crippen molar-refractivity contribution in [2.45, 2.75) is 19.4 Å². The molecule has 0 aromatic heterocycles. The summed E-state index contributed by atoms with van der Waals surface area (Å²) in [5.41, 5.74) is 7.93. The van der Waals surface area contributed by atoms with Crippen molar-refractivity contribution in [2.75, 3.05) is 32.0 Å². The van der Waals surface area contributed by atoms with Crippen molar-refractivity contribution in [3.63, 3.8) is 0 Å². The van der Waals surface area contributed by atoms with Crippen molar-refractivity contribution in [1.29, 1.82) is 0 Å². The molecule has 1 aromatic carbocycles. The fourth-order valence-corrected chi connectivity index (χ4v) is 2.13. The highest BCUT2D eigenvalue weighted by atomic mass is 16.5. The molecule has 1 aromatic rings. The average molecular weight is 220 g/mol. The van der Waals surface area contributed by atoms with E-state index >= 15 is 0 Å². The summed E-state index contributed by atoms with van der Waals surface area (Å²) in [7, 11) is 0. The molecule has 1 atom stereocenters. The number of ether oxygens (including phenoxy) is 1. The lowest BCUT2D eigenvalue weighted by atomic mass is 10.1. The lowest BCUT2D eigenvalue weighted by molar-refractivity contribution is -0.0177. The number of nitrogens with two attached hydrogens (primary N) is 1. The molecule has 0 aliphatic carbocycles. The van der Waals surface area contributed by atoms with Gasteiger partial charge in [0.2, 0.25) is 0 Å². The molecule has 1 unspecified atom stereocenters. The molecular formula is C13H20N2O. The minimum absolute atomic E-state index is 0.370. The largest absolute Gasteiger partial charge is 0.399 e. The molecule has 0 bridgehead atoms. The molecule has 16 heavy (non-hydrogen) atoms. The molecule has 1 aliphatic rings. The Labute approximate surface area is 97.2 Å². The Balaban J connectivity index is 1.82. The van der Waals surface area contributed by atoms with Gasteiger partial charge in [-0.25, -0.2) is 0 Å². The summed E-state index contributed by atoms with van der Waals surface area (Å²) in [5.74, 6) is 0. The molecule has 88 valence electrons. The summed E-state index contributed by atoms with van der Waals surface area (Å²) in [4.78, 5) is 2.46. The Morgan fingerprint density at radius 3 is 3.12 bits per heavy atom. The first-order chi connectivity index (χ1) is 7.74. The predicted octanol–water partition coefficient (Wildman–Crippen LogP) is 1.53. The Kier molecular flexibility index (Phi) is 3.80. The summed E-state index contributed by atoms with van der Waals surface area (Å²) in [6.45, 7) is 6.18. The zero-order valence-corrected chi connectivity index (χ0v) is 9.86. The summed E-state index contributed by atoms with van der Waals surface area (Å²) < 4.78 is 5.52. The third kappa shape index (κ3) is 3.22. The number of nitrogens with zero attached hydrogens (tertiary/aromatic N) is 1. The van der Waals surface area contributed by atoms with Crippen molar-refractivity contribution in [1.82, 2.24) is 4.90 Å². The van der Waals surface area contributed by atoms with Gasteiger partial charge in [-0.2, -0.15) is 0 Å². The van der Waals surface area contributed by atoms with Crippen LogP contribution < -0.4 is 5.73 Å². The summed E-state index contributed by atoms with van der Waals surface area (Å²) in [5, 5.41) is 0. The van der Waals surface area contributed by atoms with Crippen molar-refractivity contribution < 1.29 is 4.74 Å². The van der Waals surface area contributed by atoms with Crippen LogP contribution in [0.25, 0.3) is 0 Å². The molecule has 3 nitrogen and oxygen atoms in total. The topological polar surface area (TPSA) is 38.5 Å². The smallest absolute Gasteiger partial charge is 0.0674 e. The molecule has 2 N–H and O–H groups in total. The SMILES string of the molecule is CC1CN(CCc2cccc(N)c2)CCO1. The minimum Gasteiger partial charge on any atom is -0.399 e. The number of hydrogen-bond donors (Lipinski definition) is 1. The van der Waals surface area contributed by atoms with Crippen LogP contribution in [0.4, 0.5) is 5.69 Å². The average Bonchev–Trinajstić information content (AvgIpc) is 2.27. The molecule has 1 saturated heterocycles. The van der Waals surface area contributed by atoms with Crippen molar-refractivity contribution in [3.8, 4) is 0 Å². The quantitative estimate of drug-likeness (QED) is 0.785. The van der Waals surface area contributed by atoms with E-state index in [0.717, 1.165) is 38.3 Å². The van der Waals surface area contributed by atoms with Crippen LogP contribution in [0.1, 0.15) is 12.5 Å². The lowest BCUT2D eigenvalue weighted by Gasteiger charge is -2.31. The summed E-state index contributed by atoms with van der Waals surface area (Å²) in [6, 6.07) is 8.15. The van der Waals surface area contributed by atoms with Gasteiger partial charge in [-0.15, -0.1) is 0 Å². The zero-order chi connectivity index (χ0) is 11.4. The van der Waals surface area contributed by atoms with Crippen LogP contribution >= 0.6 is 0 Å². The normalized spacial score (nSPS) is 22.2. The molecule has 0 radical (unpaired) electrons. The number of morpholine rings is 1. The van der Waals surface area contributed by atoms with E-state index < -0.39 is 0 Å². The third-order valence-electron chi connectivity index (χ3n) is 2.99. The van der Waals surface area contributed by atoms with E-state index in [1.165, 1.54) is 5.56 Å². The van der Waals surface area contributed by atoms with Crippen molar-refractivity contribution in [2.24, 2.45) is 0 Å².